The van der Waals surface area contributed by atoms with Crippen molar-refractivity contribution in [3.8, 4) is 0 Å². The van der Waals surface area contributed by atoms with Crippen LogP contribution >= 0.6 is 0 Å². The fourth-order valence-electron chi connectivity index (χ4n) is 6.51. The molecule has 0 spiro atoms. The second-order valence-corrected chi connectivity index (χ2v) is 40.2. The van der Waals surface area contributed by atoms with Crippen molar-refractivity contribution in [2.24, 2.45) is 0 Å². The maximum absolute atomic E-state index is 6.90. The van der Waals surface area contributed by atoms with E-state index in [0.29, 0.717) is 11.1 Å². The second-order valence-electron chi connectivity index (χ2n) is 22.2. The third-order valence-electron chi connectivity index (χ3n) is 7.92. The summed E-state index contributed by atoms with van der Waals surface area (Å²) in [5.74, 6) is 0. The molecule has 310 valence electrons. The molecule has 0 fully saturated rings. The van der Waals surface area contributed by atoms with Gasteiger partial charge in [0.1, 0.15) is 0 Å². The summed E-state index contributed by atoms with van der Waals surface area (Å²) in [5.41, 5.74) is 1.29. The summed E-state index contributed by atoms with van der Waals surface area (Å²) in [4.78, 5) is 0. The van der Waals surface area contributed by atoms with Crippen LogP contribution in [0.3, 0.4) is 0 Å². The first-order valence-electron chi connectivity index (χ1n) is 20.1. The lowest BCUT2D eigenvalue weighted by Gasteiger charge is -2.46. The van der Waals surface area contributed by atoms with Crippen LogP contribution in [0.1, 0.15) is 132 Å². The number of hydrogen-bond donors (Lipinski definition) is 0. The molecule has 0 radical (unpaired) electrons. The first kappa shape index (κ1) is 54.2. The van der Waals surface area contributed by atoms with Crippen molar-refractivity contribution in [1.29, 1.82) is 0 Å². The van der Waals surface area contributed by atoms with Crippen LogP contribution in [0, 0.1) is 0 Å². The molecule has 2 rings (SSSR count). The van der Waals surface area contributed by atoms with Gasteiger partial charge < -0.3 is 17.7 Å². The predicted octanol–water partition coefficient (Wildman–Crippen LogP) is 13.8. The standard InChI is InChI=1S/C20H28OSi.C11H26OSi.2C7H18OSi/c1-19(2,3)21-22(20(4,5)6,17-13-9-7-10-14-17)18-15-11-8-12-16-18;1-9(2)13(8,10(3)4)12-11(5,6)7;2*1-7(2,3)8-9(4,5)6/h7-16H,1-6H3;9-10H,1-8H3;2*1-6H3. The molecule has 0 atom stereocenters. The Morgan fingerprint density at radius 1 is 0.377 bits per heavy atom. The van der Waals surface area contributed by atoms with Crippen LogP contribution in [0.4, 0.5) is 0 Å². The molecule has 0 aliphatic rings. The molecule has 53 heavy (non-hydrogen) atoms. The Kier molecular flexibility index (Phi) is 21.0. The Morgan fingerprint density at radius 3 is 0.755 bits per heavy atom. The normalized spacial score (nSPS) is 13.7. The molecule has 2 aromatic rings. The molecule has 0 N–H and O–H groups in total. The summed E-state index contributed by atoms with van der Waals surface area (Å²) in [6.07, 6.45) is 0. The van der Waals surface area contributed by atoms with E-state index in [-0.39, 0.29) is 27.4 Å². The molecular formula is C45H90O4Si4. The molecular weight excluding hydrogens is 717 g/mol. The van der Waals surface area contributed by atoms with Crippen LogP contribution in [-0.4, -0.2) is 55.7 Å². The first-order chi connectivity index (χ1) is 23.2. The van der Waals surface area contributed by atoms with E-state index < -0.39 is 33.3 Å². The minimum absolute atomic E-state index is 0.00944. The van der Waals surface area contributed by atoms with Crippen molar-refractivity contribution < 1.29 is 17.7 Å². The van der Waals surface area contributed by atoms with Gasteiger partial charge in [-0.2, -0.15) is 0 Å². The average Bonchev–Trinajstić information content (AvgIpc) is 2.87. The Bertz CT molecular complexity index is 1160. The van der Waals surface area contributed by atoms with E-state index in [2.05, 4.69) is 238 Å². The molecule has 0 aliphatic carbocycles. The van der Waals surface area contributed by atoms with Gasteiger partial charge in [-0.05, 0) is 155 Å². The zero-order valence-corrected chi connectivity index (χ0v) is 44.1. The molecule has 0 saturated heterocycles. The molecule has 0 amide bonds. The average molecular weight is 808 g/mol. The van der Waals surface area contributed by atoms with Crippen molar-refractivity contribution >= 4 is 43.6 Å². The fraction of sp³-hybridized carbons (Fsp3) is 0.733. The summed E-state index contributed by atoms with van der Waals surface area (Å²) in [6.45, 7) is 57.2. The van der Waals surface area contributed by atoms with Gasteiger partial charge in [-0.3, -0.25) is 0 Å². The van der Waals surface area contributed by atoms with E-state index >= 15 is 0 Å². The molecule has 0 saturated carbocycles. The third kappa shape index (κ3) is 23.7. The van der Waals surface area contributed by atoms with Crippen LogP contribution in [0.2, 0.25) is 61.9 Å². The topological polar surface area (TPSA) is 36.9 Å². The summed E-state index contributed by atoms with van der Waals surface area (Å²) >= 11 is 0. The van der Waals surface area contributed by atoms with Gasteiger partial charge in [-0.15, -0.1) is 0 Å². The maximum Gasteiger partial charge on any atom is 0.261 e. The van der Waals surface area contributed by atoms with E-state index in [1.807, 2.05) is 0 Å². The molecule has 4 nitrogen and oxygen atoms in total. The highest BCUT2D eigenvalue weighted by molar-refractivity contribution is 6.99. The molecule has 2 aromatic carbocycles. The van der Waals surface area contributed by atoms with E-state index in [1.54, 1.807) is 0 Å². The Morgan fingerprint density at radius 2 is 0.623 bits per heavy atom. The highest BCUT2D eigenvalue weighted by atomic mass is 28.4. The van der Waals surface area contributed by atoms with Crippen LogP contribution in [0.5, 0.6) is 0 Å². The van der Waals surface area contributed by atoms with Gasteiger partial charge in [0.25, 0.3) is 8.32 Å². The largest absolute Gasteiger partial charge is 0.413 e. The summed E-state index contributed by atoms with van der Waals surface area (Å²) in [7, 11) is -6.51. The zero-order chi connectivity index (χ0) is 42.7. The van der Waals surface area contributed by atoms with E-state index in [1.165, 1.54) is 10.4 Å². The number of rotatable bonds is 8. The summed E-state index contributed by atoms with van der Waals surface area (Å²) in [5, 5.41) is 2.72. The lowest BCUT2D eigenvalue weighted by Crippen LogP contribution is -2.68. The van der Waals surface area contributed by atoms with Crippen molar-refractivity contribution in [3.63, 3.8) is 0 Å². The third-order valence-corrected chi connectivity index (χ3v) is 21.3. The van der Waals surface area contributed by atoms with Crippen LogP contribution in [0.15, 0.2) is 60.7 Å². The van der Waals surface area contributed by atoms with Gasteiger partial charge in [0, 0.05) is 22.4 Å². The Balaban J connectivity index is 0. The Labute approximate surface area is 336 Å². The summed E-state index contributed by atoms with van der Waals surface area (Å²) < 4.78 is 24.7. The Hall–Kier alpha value is -0.852. The van der Waals surface area contributed by atoms with Crippen LogP contribution in [-0.2, 0) is 17.7 Å². The lowest BCUT2D eigenvalue weighted by molar-refractivity contribution is 0.112. The molecule has 0 heterocycles. The minimum atomic E-state index is -2.38. The van der Waals surface area contributed by atoms with Crippen molar-refractivity contribution in [1.82, 2.24) is 0 Å². The molecule has 0 aromatic heterocycles. The van der Waals surface area contributed by atoms with Gasteiger partial charge in [0.15, 0.2) is 25.0 Å². The SMILES string of the molecule is CC(C)(C)O[Si](C)(C)C.CC(C)(C)O[Si](C)(C)C.CC(C)(C)O[Si](c1ccccc1)(c1ccccc1)C(C)(C)C.CC(C)[Si](C)(OC(C)(C)C)C(C)C. The number of benzene rings is 2. The van der Waals surface area contributed by atoms with Crippen LogP contribution in [0.25, 0.3) is 0 Å². The quantitative estimate of drug-likeness (QED) is 0.249. The van der Waals surface area contributed by atoms with Crippen molar-refractivity contribution in [2.75, 3.05) is 0 Å². The van der Waals surface area contributed by atoms with Crippen molar-refractivity contribution in [3.05, 3.63) is 60.7 Å². The molecule has 8 heteroatoms. The van der Waals surface area contributed by atoms with Gasteiger partial charge in [0.2, 0.25) is 0 Å². The van der Waals surface area contributed by atoms with Gasteiger partial charge >= 0.3 is 0 Å². The number of hydrogen-bond acceptors (Lipinski definition) is 4. The van der Waals surface area contributed by atoms with Crippen LogP contribution < -0.4 is 10.4 Å². The molecule has 0 unspecified atom stereocenters. The monoisotopic (exact) mass is 807 g/mol. The van der Waals surface area contributed by atoms with Crippen molar-refractivity contribution in [2.45, 2.75) is 216 Å². The second kappa shape index (κ2) is 20.5. The zero-order valence-electron chi connectivity index (χ0n) is 40.1. The van der Waals surface area contributed by atoms with E-state index in [0.717, 1.165) is 0 Å². The smallest absolute Gasteiger partial charge is 0.261 e. The predicted molar refractivity (Wildman–Crippen MR) is 249 cm³/mol. The first-order valence-corrected chi connectivity index (χ1v) is 31.4. The van der Waals surface area contributed by atoms with Gasteiger partial charge in [0.05, 0.1) is 0 Å². The lowest BCUT2D eigenvalue weighted by atomic mass is 10.2. The summed E-state index contributed by atoms with van der Waals surface area (Å²) in [6, 6.07) is 21.6. The van der Waals surface area contributed by atoms with Gasteiger partial charge in [-0.1, -0.05) is 109 Å². The van der Waals surface area contributed by atoms with E-state index in [9.17, 15) is 0 Å². The minimum Gasteiger partial charge on any atom is -0.413 e. The highest BCUT2D eigenvalue weighted by Crippen LogP contribution is 2.39. The maximum atomic E-state index is 6.90. The highest BCUT2D eigenvalue weighted by Gasteiger charge is 2.52. The molecule has 0 aliphatic heterocycles. The van der Waals surface area contributed by atoms with Gasteiger partial charge in [-0.25, -0.2) is 0 Å². The fourth-order valence-corrected chi connectivity index (χ4v) is 18.2. The van der Waals surface area contributed by atoms with E-state index in [4.69, 9.17) is 17.7 Å². The molecule has 0 bridgehead atoms.